The van der Waals surface area contributed by atoms with Crippen LogP contribution in [0.1, 0.15) is 24.0 Å². The molecule has 1 aromatic carbocycles. The van der Waals surface area contributed by atoms with E-state index in [1.165, 1.54) is 6.07 Å². The number of benzene rings is 1. The zero-order chi connectivity index (χ0) is 19.8. The molecular formula is C16H13F3N2O5S. The molecule has 0 amide bonds. The van der Waals surface area contributed by atoms with Crippen molar-refractivity contribution < 1.29 is 36.2 Å². The predicted molar refractivity (Wildman–Crippen MR) is 84.2 cm³/mol. The van der Waals surface area contributed by atoms with Crippen LogP contribution in [0.3, 0.4) is 0 Å². The zero-order valence-corrected chi connectivity index (χ0v) is 14.4. The summed E-state index contributed by atoms with van der Waals surface area (Å²) in [5, 5.41) is 18.6. The smallest absolute Gasteiger partial charge is 0.417 e. The number of carboxylic acid groups (broad SMARTS) is 1. The molecule has 11 heteroatoms. The molecule has 0 spiro atoms. The molecule has 3 heterocycles. The Balaban J connectivity index is 1.86. The molecular weight excluding hydrogens is 389 g/mol. The highest BCUT2D eigenvalue weighted by molar-refractivity contribution is 7.95. The van der Waals surface area contributed by atoms with Crippen LogP contribution >= 0.6 is 0 Å². The number of fused-ring (bicyclic) bond motifs is 5. The van der Waals surface area contributed by atoms with Gasteiger partial charge in [0.2, 0.25) is 4.75 Å². The average Bonchev–Trinajstić information content (AvgIpc) is 3.23. The van der Waals surface area contributed by atoms with Gasteiger partial charge < -0.3 is 9.84 Å². The third-order valence-electron chi connectivity index (χ3n) is 5.66. The summed E-state index contributed by atoms with van der Waals surface area (Å²) in [5.74, 6) is -2.42. The first-order valence-electron chi connectivity index (χ1n) is 8.07. The lowest BCUT2D eigenvalue weighted by Gasteiger charge is -2.30. The summed E-state index contributed by atoms with van der Waals surface area (Å²) < 4.78 is 70.1. The molecule has 7 nitrogen and oxygen atoms in total. The second-order valence-electron chi connectivity index (χ2n) is 6.82. The minimum absolute atomic E-state index is 0.266. The van der Waals surface area contributed by atoms with Gasteiger partial charge in [0, 0.05) is 12.5 Å². The van der Waals surface area contributed by atoms with Crippen molar-refractivity contribution in [3.05, 3.63) is 29.3 Å². The molecule has 4 atom stereocenters. The van der Waals surface area contributed by atoms with Crippen LogP contribution in [-0.4, -0.2) is 43.0 Å². The lowest BCUT2D eigenvalue weighted by Crippen LogP contribution is -2.56. The van der Waals surface area contributed by atoms with E-state index in [1.807, 2.05) is 0 Å². The largest absolute Gasteiger partial charge is 0.480 e. The Morgan fingerprint density at radius 2 is 2.07 bits per heavy atom. The van der Waals surface area contributed by atoms with Crippen molar-refractivity contribution >= 4 is 21.7 Å². The van der Waals surface area contributed by atoms with Gasteiger partial charge in [-0.15, -0.1) is 0 Å². The molecule has 3 aliphatic heterocycles. The fraction of sp³-hybridized carbons (Fsp3) is 0.500. The maximum absolute atomic E-state index is 13.2. The Kier molecular flexibility index (Phi) is 3.58. The van der Waals surface area contributed by atoms with Crippen LogP contribution in [0.5, 0.6) is 0 Å². The minimum Gasteiger partial charge on any atom is -0.480 e. The summed E-state index contributed by atoms with van der Waals surface area (Å²) in [6, 6.07) is 3.98. The second-order valence-corrected chi connectivity index (χ2v) is 8.89. The van der Waals surface area contributed by atoms with Crippen molar-refractivity contribution in [2.45, 2.75) is 36.0 Å². The van der Waals surface area contributed by atoms with Crippen molar-refractivity contribution in [3.63, 3.8) is 0 Å². The van der Waals surface area contributed by atoms with E-state index in [1.54, 1.807) is 0 Å². The summed E-state index contributed by atoms with van der Waals surface area (Å²) in [6.07, 6.45) is -5.67. The number of rotatable bonds is 2. The van der Waals surface area contributed by atoms with Crippen LogP contribution in [0, 0.1) is 17.2 Å². The van der Waals surface area contributed by atoms with Gasteiger partial charge in [0.1, 0.15) is 0 Å². The van der Waals surface area contributed by atoms with Gasteiger partial charge in [0.25, 0.3) is 10.0 Å². The van der Waals surface area contributed by atoms with Gasteiger partial charge in [-0.25, -0.2) is 8.42 Å². The van der Waals surface area contributed by atoms with E-state index in [-0.39, 0.29) is 18.7 Å². The normalized spacial score (nSPS) is 33.7. The average molecular weight is 402 g/mol. The second kappa shape index (κ2) is 5.36. The molecule has 0 aliphatic carbocycles. The number of sulfonamides is 1. The molecule has 0 unspecified atom stereocenters. The van der Waals surface area contributed by atoms with E-state index < -0.39 is 56.2 Å². The van der Waals surface area contributed by atoms with E-state index in [4.69, 9.17) is 10.00 Å². The minimum atomic E-state index is -4.85. The van der Waals surface area contributed by atoms with Gasteiger partial charge in [-0.1, -0.05) is 0 Å². The first-order valence-corrected chi connectivity index (χ1v) is 9.51. The first-order chi connectivity index (χ1) is 12.5. The molecule has 3 aliphatic rings. The Labute approximate surface area is 152 Å². The predicted octanol–water partition coefficient (Wildman–Crippen LogP) is 1.73. The van der Waals surface area contributed by atoms with Crippen LogP contribution < -0.4 is 4.31 Å². The SMILES string of the molecule is N#Cc1ccc(N2C[C@H]3[C@@H]4CC[C@@H](O4)[C@@]3(C(=O)O)S2(=O)=O)cc1C(F)(F)F. The number of halogens is 3. The van der Waals surface area contributed by atoms with Crippen molar-refractivity contribution in [1.82, 2.24) is 0 Å². The van der Waals surface area contributed by atoms with E-state index in [9.17, 15) is 31.5 Å². The topological polar surface area (TPSA) is 108 Å². The number of carbonyl (C=O) groups is 1. The maximum atomic E-state index is 13.2. The zero-order valence-electron chi connectivity index (χ0n) is 13.6. The Hall–Kier alpha value is -2.32. The van der Waals surface area contributed by atoms with Gasteiger partial charge in [0.05, 0.1) is 35.1 Å². The summed E-state index contributed by atoms with van der Waals surface area (Å²) in [5.41, 5.74) is -2.21. The highest BCUT2D eigenvalue weighted by Crippen LogP contribution is 2.56. The molecule has 0 saturated carbocycles. The highest BCUT2D eigenvalue weighted by Gasteiger charge is 2.76. The molecule has 144 valence electrons. The highest BCUT2D eigenvalue weighted by atomic mass is 32.2. The van der Waals surface area contributed by atoms with Crippen molar-refractivity contribution in [1.29, 1.82) is 5.26 Å². The monoisotopic (exact) mass is 402 g/mol. The van der Waals surface area contributed by atoms with E-state index in [0.29, 0.717) is 12.5 Å². The Bertz CT molecular complexity index is 987. The van der Waals surface area contributed by atoms with Crippen LogP contribution in [0.4, 0.5) is 18.9 Å². The van der Waals surface area contributed by atoms with E-state index in [0.717, 1.165) is 16.4 Å². The van der Waals surface area contributed by atoms with Crippen molar-refractivity contribution in [3.8, 4) is 6.07 Å². The van der Waals surface area contributed by atoms with Crippen molar-refractivity contribution in [2.24, 2.45) is 5.92 Å². The van der Waals surface area contributed by atoms with Crippen molar-refractivity contribution in [2.75, 3.05) is 10.8 Å². The fourth-order valence-electron chi connectivity index (χ4n) is 4.53. The van der Waals surface area contributed by atoms with Gasteiger partial charge in [-0.3, -0.25) is 9.10 Å². The molecule has 2 bridgehead atoms. The third-order valence-corrected chi connectivity index (χ3v) is 8.20. The molecule has 1 aromatic rings. The fourth-order valence-corrected chi connectivity index (χ4v) is 6.98. The summed E-state index contributed by atoms with van der Waals surface area (Å²) >= 11 is 0. The molecule has 3 fully saturated rings. The number of anilines is 1. The van der Waals surface area contributed by atoms with Crippen LogP contribution in [-0.2, 0) is 25.7 Å². The van der Waals surface area contributed by atoms with Crippen LogP contribution in [0.15, 0.2) is 18.2 Å². The Morgan fingerprint density at radius 3 is 2.63 bits per heavy atom. The number of carboxylic acids is 1. The van der Waals surface area contributed by atoms with Gasteiger partial charge >= 0.3 is 12.1 Å². The molecule has 3 saturated heterocycles. The van der Waals surface area contributed by atoms with Crippen LogP contribution in [0.25, 0.3) is 0 Å². The van der Waals surface area contributed by atoms with Gasteiger partial charge in [0.15, 0.2) is 0 Å². The number of aliphatic carboxylic acids is 1. The molecule has 1 N–H and O–H groups in total. The Morgan fingerprint density at radius 1 is 1.37 bits per heavy atom. The quantitative estimate of drug-likeness (QED) is 0.807. The lowest BCUT2D eigenvalue weighted by atomic mass is 9.78. The molecule has 0 aromatic heterocycles. The summed E-state index contributed by atoms with van der Waals surface area (Å²) in [6.45, 7) is -0.279. The van der Waals surface area contributed by atoms with Crippen LogP contribution in [0.2, 0.25) is 0 Å². The standard InChI is InChI=1S/C16H13F3N2O5S/c17-16(18,19)10-5-9(2-1-8(10)6-20)21-7-11-12-3-4-13(26-12)15(11,14(22)23)27(21,24)25/h1-2,5,11-13H,3-4,7H2,(H,22,23)/t11-,12-,13+,15-/m0/s1. The molecule has 27 heavy (non-hydrogen) atoms. The number of hydrogen-bond donors (Lipinski definition) is 1. The van der Waals surface area contributed by atoms with E-state index >= 15 is 0 Å². The lowest BCUT2D eigenvalue weighted by molar-refractivity contribution is -0.142. The number of hydrogen-bond acceptors (Lipinski definition) is 5. The number of ether oxygens (including phenoxy) is 1. The first kappa shape index (κ1) is 18.1. The molecule has 0 radical (unpaired) electrons. The number of nitriles is 1. The summed E-state index contributed by atoms with van der Waals surface area (Å²) in [7, 11) is -4.53. The maximum Gasteiger partial charge on any atom is 0.417 e. The van der Waals surface area contributed by atoms with E-state index in [2.05, 4.69) is 0 Å². The van der Waals surface area contributed by atoms with Gasteiger partial charge in [-0.2, -0.15) is 18.4 Å². The third kappa shape index (κ3) is 2.11. The molecule has 4 rings (SSSR count). The van der Waals surface area contributed by atoms with Gasteiger partial charge in [-0.05, 0) is 31.0 Å². The summed E-state index contributed by atoms with van der Waals surface area (Å²) in [4.78, 5) is 12.0. The number of nitrogens with zero attached hydrogens (tertiary/aromatic N) is 2. The number of alkyl halides is 3.